The molecule has 3 rings (SSSR count). The maximum absolute atomic E-state index is 12.9. The number of alkyl halides is 1. The first-order valence-electron chi connectivity index (χ1n) is 12.2. The van der Waals surface area contributed by atoms with Crippen molar-refractivity contribution >= 4 is 65.1 Å². The summed E-state index contributed by atoms with van der Waals surface area (Å²) in [6.07, 6.45) is 0.450. The van der Waals surface area contributed by atoms with Crippen LogP contribution in [0.25, 0.3) is 0 Å². The fourth-order valence-electron chi connectivity index (χ4n) is 2.98. The molecular formula is C28H31Br3FN3O4. The summed E-state index contributed by atoms with van der Waals surface area (Å²) in [5.41, 5.74) is 1.16. The number of ether oxygens (including phenoxy) is 1. The molecule has 11 heteroatoms. The topological polar surface area (TPSA) is 99.1 Å². The zero-order valence-corrected chi connectivity index (χ0v) is 26.9. The summed E-state index contributed by atoms with van der Waals surface area (Å²) in [6, 6.07) is 15.5. The number of nitrogens with zero attached hydrogens (tertiary/aromatic N) is 3. The number of carbonyl (C=O) groups excluding carboxylic acids is 3. The molecule has 2 atom stereocenters. The molecule has 2 unspecified atom stereocenters. The number of halogens is 4. The molecule has 3 aromatic rings. The molecule has 210 valence electrons. The van der Waals surface area contributed by atoms with E-state index in [0.717, 1.165) is 6.42 Å². The van der Waals surface area contributed by atoms with Crippen LogP contribution >= 0.6 is 47.8 Å². The Labute approximate surface area is 253 Å². The Bertz CT molecular complexity index is 1230. The van der Waals surface area contributed by atoms with Gasteiger partial charge in [0.25, 0.3) is 0 Å². The SMILES string of the molecule is CCC(F)C(=O)c1cccc(Br)n1.CCC(OC)C(=O)c1cccc(Br)n1.CCCC(=O)c1cccc(Br)n1. The number of aromatic nitrogens is 3. The number of methoxy groups -OCH3 is 1. The first kappa shape index (κ1) is 34.8. The molecule has 0 amide bonds. The second kappa shape index (κ2) is 19.0. The summed E-state index contributed by atoms with van der Waals surface area (Å²) in [7, 11) is 1.53. The Morgan fingerprint density at radius 1 is 0.744 bits per heavy atom. The molecule has 39 heavy (non-hydrogen) atoms. The Morgan fingerprint density at radius 2 is 1.18 bits per heavy atom. The molecule has 3 heterocycles. The summed E-state index contributed by atoms with van der Waals surface area (Å²) in [6.45, 7) is 5.51. The van der Waals surface area contributed by atoms with Gasteiger partial charge in [-0.1, -0.05) is 39.0 Å². The van der Waals surface area contributed by atoms with E-state index in [-0.39, 0.29) is 23.7 Å². The van der Waals surface area contributed by atoms with E-state index in [9.17, 15) is 18.8 Å². The second-order valence-electron chi connectivity index (χ2n) is 7.95. The van der Waals surface area contributed by atoms with Crippen molar-refractivity contribution < 1.29 is 23.5 Å². The summed E-state index contributed by atoms with van der Waals surface area (Å²) < 4.78 is 19.9. The van der Waals surface area contributed by atoms with Crippen LogP contribution in [-0.2, 0) is 4.74 Å². The Balaban J connectivity index is 0.000000293. The van der Waals surface area contributed by atoms with Gasteiger partial charge in [0.05, 0.1) is 0 Å². The van der Waals surface area contributed by atoms with Crippen LogP contribution < -0.4 is 0 Å². The quantitative estimate of drug-likeness (QED) is 0.154. The highest BCUT2D eigenvalue weighted by Crippen LogP contribution is 2.12. The van der Waals surface area contributed by atoms with Crippen LogP contribution in [0.2, 0.25) is 0 Å². The summed E-state index contributed by atoms with van der Waals surface area (Å²) in [5, 5.41) is 0. The van der Waals surface area contributed by atoms with E-state index in [1.807, 2.05) is 26.0 Å². The van der Waals surface area contributed by atoms with Gasteiger partial charge < -0.3 is 4.74 Å². The van der Waals surface area contributed by atoms with Crippen molar-refractivity contribution in [1.82, 2.24) is 15.0 Å². The fraction of sp³-hybridized carbons (Fsp3) is 0.357. The van der Waals surface area contributed by atoms with Crippen molar-refractivity contribution in [2.45, 2.75) is 58.7 Å². The van der Waals surface area contributed by atoms with E-state index in [4.69, 9.17) is 4.74 Å². The molecule has 0 spiro atoms. The lowest BCUT2D eigenvalue weighted by atomic mass is 10.1. The predicted octanol–water partition coefficient (Wildman–Crippen LogP) is 8.05. The largest absolute Gasteiger partial charge is 0.373 e. The van der Waals surface area contributed by atoms with Crippen LogP contribution in [0.4, 0.5) is 4.39 Å². The molecule has 0 aliphatic heterocycles. The normalized spacial score (nSPS) is 11.7. The van der Waals surface area contributed by atoms with Crippen LogP contribution in [0.15, 0.2) is 68.4 Å². The molecule has 0 radical (unpaired) electrons. The molecular weight excluding hydrogens is 701 g/mol. The molecule has 0 aromatic carbocycles. The van der Waals surface area contributed by atoms with Gasteiger partial charge in [-0.25, -0.2) is 19.3 Å². The Morgan fingerprint density at radius 3 is 1.56 bits per heavy atom. The van der Waals surface area contributed by atoms with Crippen LogP contribution in [0, 0.1) is 0 Å². The van der Waals surface area contributed by atoms with Crippen LogP contribution in [0.5, 0.6) is 0 Å². The lowest BCUT2D eigenvalue weighted by Gasteiger charge is -2.10. The van der Waals surface area contributed by atoms with Gasteiger partial charge >= 0.3 is 0 Å². The van der Waals surface area contributed by atoms with Crippen molar-refractivity contribution in [2.75, 3.05) is 7.11 Å². The van der Waals surface area contributed by atoms with E-state index in [1.165, 1.54) is 13.2 Å². The maximum Gasteiger partial charge on any atom is 0.215 e. The van der Waals surface area contributed by atoms with Gasteiger partial charge in [0, 0.05) is 13.5 Å². The molecule has 7 nitrogen and oxygen atoms in total. The van der Waals surface area contributed by atoms with Gasteiger partial charge in [0.2, 0.25) is 11.6 Å². The lowest BCUT2D eigenvalue weighted by molar-refractivity contribution is 0.0590. The van der Waals surface area contributed by atoms with Gasteiger partial charge in [-0.3, -0.25) is 14.4 Å². The number of ketones is 3. The first-order chi connectivity index (χ1) is 18.6. The molecule has 0 bridgehead atoms. The van der Waals surface area contributed by atoms with Crippen molar-refractivity contribution in [3.63, 3.8) is 0 Å². The predicted molar refractivity (Wildman–Crippen MR) is 160 cm³/mol. The zero-order chi connectivity index (χ0) is 29.4. The molecule has 0 aliphatic carbocycles. The van der Waals surface area contributed by atoms with E-state index < -0.39 is 18.1 Å². The standard InChI is InChI=1S/C10H12BrNO2.C9H9BrFNO.C9H10BrNO/c1-3-8(14-2)10(13)7-5-4-6-9(11)12-7;1-2-6(11)9(13)7-4-3-5-8(10)12-7;1-2-4-8(12)7-5-3-6-9(10)11-7/h4-6,8H,3H2,1-2H3;3-6H,2H2,1H3;3,5-6H,2,4H2,1H3. The molecule has 0 saturated heterocycles. The third-order valence-electron chi connectivity index (χ3n) is 5.00. The molecule has 0 aliphatic rings. The third-order valence-corrected chi connectivity index (χ3v) is 6.33. The van der Waals surface area contributed by atoms with Gasteiger partial charge in [0.15, 0.2) is 12.0 Å². The number of hydrogen-bond acceptors (Lipinski definition) is 7. The number of Topliss-reactive ketones (excluding diaryl/α,β-unsaturated/α-hetero) is 3. The minimum atomic E-state index is -1.44. The third kappa shape index (κ3) is 12.7. The second-order valence-corrected chi connectivity index (χ2v) is 10.4. The van der Waals surface area contributed by atoms with Crippen LogP contribution in [-0.4, -0.2) is 51.7 Å². The molecule has 0 fully saturated rings. The first-order valence-corrected chi connectivity index (χ1v) is 14.6. The summed E-state index contributed by atoms with van der Waals surface area (Å²) in [4.78, 5) is 46.3. The number of pyridine rings is 3. The number of rotatable bonds is 10. The minimum Gasteiger partial charge on any atom is -0.373 e. The van der Waals surface area contributed by atoms with Crippen LogP contribution in [0.3, 0.4) is 0 Å². The van der Waals surface area contributed by atoms with E-state index in [0.29, 0.717) is 38.0 Å². The van der Waals surface area contributed by atoms with Gasteiger partial charge in [0.1, 0.15) is 37.0 Å². The van der Waals surface area contributed by atoms with Crippen molar-refractivity contribution in [1.29, 1.82) is 0 Å². The number of hydrogen-bond donors (Lipinski definition) is 0. The van der Waals surface area contributed by atoms with Gasteiger partial charge in [-0.2, -0.15) is 0 Å². The molecule has 0 saturated carbocycles. The van der Waals surface area contributed by atoms with Crippen molar-refractivity contribution in [3.05, 3.63) is 85.5 Å². The van der Waals surface area contributed by atoms with Crippen molar-refractivity contribution in [3.8, 4) is 0 Å². The zero-order valence-electron chi connectivity index (χ0n) is 22.2. The Hall–Kier alpha value is -2.21. The number of carbonyl (C=O) groups is 3. The average molecular weight is 732 g/mol. The van der Waals surface area contributed by atoms with E-state index in [1.54, 1.807) is 43.3 Å². The highest BCUT2D eigenvalue weighted by atomic mass is 79.9. The average Bonchev–Trinajstić information content (AvgIpc) is 2.93. The highest BCUT2D eigenvalue weighted by molar-refractivity contribution is 9.11. The van der Waals surface area contributed by atoms with Gasteiger partial charge in [-0.15, -0.1) is 0 Å². The summed E-state index contributed by atoms with van der Waals surface area (Å²) in [5.74, 6) is -0.515. The maximum atomic E-state index is 12.9. The molecule has 0 N–H and O–H groups in total. The highest BCUT2D eigenvalue weighted by Gasteiger charge is 2.19. The van der Waals surface area contributed by atoms with E-state index in [2.05, 4.69) is 62.7 Å². The fourth-order valence-corrected chi connectivity index (χ4v) is 4.01. The lowest BCUT2D eigenvalue weighted by Crippen LogP contribution is -2.23. The van der Waals surface area contributed by atoms with Gasteiger partial charge in [-0.05, 0) is 103 Å². The van der Waals surface area contributed by atoms with E-state index >= 15 is 0 Å². The molecule has 3 aromatic heterocycles. The van der Waals surface area contributed by atoms with Crippen molar-refractivity contribution in [2.24, 2.45) is 0 Å². The Kier molecular flexibility index (Phi) is 16.9. The monoisotopic (exact) mass is 729 g/mol. The van der Waals surface area contributed by atoms with Crippen LogP contribution in [0.1, 0.15) is 77.9 Å². The minimum absolute atomic E-state index is 0.0729. The summed E-state index contributed by atoms with van der Waals surface area (Å²) >= 11 is 9.55. The smallest absolute Gasteiger partial charge is 0.215 e.